The average Bonchev–Trinajstić information content (AvgIpc) is 2.27. The zero-order valence-electron chi connectivity index (χ0n) is 12.1. The Kier molecular flexibility index (Phi) is 4.93. The van der Waals surface area contributed by atoms with E-state index in [4.69, 9.17) is 11.6 Å². The molecule has 0 aromatic heterocycles. The molecule has 1 aromatic carbocycles. The van der Waals surface area contributed by atoms with Crippen molar-refractivity contribution >= 4 is 36.7 Å². The quantitative estimate of drug-likeness (QED) is 0.805. The standard InChI is InChI=1S/C14H20ClNO2Si/c1-6-16(10(2)17)14(18)13-11(15)8-7-9-12(13)19(3,4)5/h7-9H,6H2,1-5H3. The lowest BCUT2D eigenvalue weighted by atomic mass is 10.2. The largest absolute Gasteiger partial charge is 0.279 e. The Balaban J connectivity index is 3.41. The molecule has 0 aliphatic carbocycles. The van der Waals surface area contributed by atoms with Crippen LogP contribution in [0.25, 0.3) is 0 Å². The van der Waals surface area contributed by atoms with Crippen LogP contribution in [0.4, 0.5) is 0 Å². The molecule has 1 aromatic rings. The number of halogens is 1. The topological polar surface area (TPSA) is 37.4 Å². The van der Waals surface area contributed by atoms with E-state index in [1.165, 1.54) is 11.8 Å². The molecule has 0 radical (unpaired) electrons. The number of nitrogens with zero attached hydrogens (tertiary/aromatic N) is 1. The van der Waals surface area contributed by atoms with Crippen molar-refractivity contribution in [1.82, 2.24) is 4.90 Å². The lowest BCUT2D eigenvalue weighted by molar-refractivity contribution is -0.126. The van der Waals surface area contributed by atoms with Crippen LogP contribution in [-0.2, 0) is 4.79 Å². The van der Waals surface area contributed by atoms with Crippen molar-refractivity contribution in [2.45, 2.75) is 33.5 Å². The number of amides is 2. The molecule has 0 unspecified atom stereocenters. The van der Waals surface area contributed by atoms with E-state index in [1.807, 2.05) is 12.1 Å². The van der Waals surface area contributed by atoms with Crippen molar-refractivity contribution in [2.24, 2.45) is 0 Å². The van der Waals surface area contributed by atoms with E-state index in [2.05, 4.69) is 19.6 Å². The van der Waals surface area contributed by atoms with Gasteiger partial charge in [-0.2, -0.15) is 0 Å². The molecule has 0 fully saturated rings. The molecular weight excluding hydrogens is 278 g/mol. The monoisotopic (exact) mass is 297 g/mol. The molecule has 0 spiro atoms. The molecule has 2 amide bonds. The minimum Gasteiger partial charge on any atom is -0.279 e. The summed E-state index contributed by atoms with van der Waals surface area (Å²) in [5, 5.41) is 1.41. The number of imide groups is 1. The molecule has 5 heteroatoms. The second-order valence-electron chi connectivity index (χ2n) is 5.48. The van der Waals surface area contributed by atoms with Gasteiger partial charge in [-0.15, -0.1) is 0 Å². The highest BCUT2D eigenvalue weighted by Crippen LogP contribution is 2.19. The van der Waals surface area contributed by atoms with Crippen LogP contribution in [0.15, 0.2) is 18.2 Å². The van der Waals surface area contributed by atoms with Gasteiger partial charge >= 0.3 is 0 Å². The number of hydrogen-bond acceptors (Lipinski definition) is 2. The van der Waals surface area contributed by atoms with E-state index in [1.54, 1.807) is 13.0 Å². The molecule has 0 aliphatic rings. The zero-order chi connectivity index (χ0) is 14.8. The molecule has 104 valence electrons. The molecule has 0 bridgehead atoms. The number of hydrogen-bond donors (Lipinski definition) is 0. The molecule has 0 saturated heterocycles. The molecule has 0 atom stereocenters. The minimum atomic E-state index is -1.71. The Morgan fingerprint density at radius 1 is 1.26 bits per heavy atom. The predicted octanol–water partition coefficient (Wildman–Crippen LogP) is 2.89. The third kappa shape index (κ3) is 3.45. The van der Waals surface area contributed by atoms with Crippen LogP contribution in [0, 0.1) is 0 Å². The van der Waals surface area contributed by atoms with Gasteiger partial charge in [-0.05, 0) is 18.2 Å². The van der Waals surface area contributed by atoms with Crippen LogP contribution in [0.5, 0.6) is 0 Å². The fraction of sp³-hybridized carbons (Fsp3) is 0.429. The summed E-state index contributed by atoms with van der Waals surface area (Å²) in [6.07, 6.45) is 0. The van der Waals surface area contributed by atoms with Gasteiger partial charge in [0.15, 0.2) is 0 Å². The van der Waals surface area contributed by atoms with Crippen LogP contribution in [0.3, 0.4) is 0 Å². The van der Waals surface area contributed by atoms with Crippen LogP contribution < -0.4 is 5.19 Å². The summed E-state index contributed by atoms with van der Waals surface area (Å²) in [5.74, 6) is -0.549. The van der Waals surface area contributed by atoms with Crippen LogP contribution in [-0.4, -0.2) is 31.3 Å². The van der Waals surface area contributed by atoms with Gasteiger partial charge in [0.05, 0.1) is 18.7 Å². The van der Waals surface area contributed by atoms with E-state index < -0.39 is 8.07 Å². The summed E-state index contributed by atoms with van der Waals surface area (Å²) in [4.78, 5) is 25.3. The first-order valence-corrected chi connectivity index (χ1v) is 10.2. The molecule has 3 nitrogen and oxygen atoms in total. The van der Waals surface area contributed by atoms with Crippen LogP contribution in [0.2, 0.25) is 24.7 Å². The number of carbonyl (C=O) groups excluding carboxylic acids is 2. The lowest BCUT2D eigenvalue weighted by Crippen LogP contribution is -2.45. The van der Waals surface area contributed by atoms with Crippen molar-refractivity contribution in [3.05, 3.63) is 28.8 Å². The van der Waals surface area contributed by atoms with Crippen molar-refractivity contribution in [3.63, 3.8) is 0 Å². The van der Waals surface area contributed by atoms with E-state index in [0.717, 1.165) is 5.19 Å². The Hall–Kier alpha value is -1.13. The molecule has 0 saturated carbocycles. The van der Waals surface area contributed by atoms with Gasteiger partial charge in [0.2, 0.25) is 5.91 Å². The molecule has 1 rings (SSSR count). The van der Waals surface area contributed by atoms with Crippen molar-refractivity contribution in [1.29, 1.82) is 0 Å². The summed E-state index contributed by atoms with van der Waals surface area (Å²) in [6, 6.07) is 5.50. The summed E-state index contributed by atoms with van der Waals surface area (Å²) < 4.78 is 0. The minimum absolute atomic E-state index is 0.256. The smallest absolute Gasteiger partial charge is 0.261 e. The lowest BCUT2D eigenvalue weighted by Gasteiger charge is -2.24. The maximum absolute atomic E-state index is 12.5. The first-order chi connectivity index (χ1) is 8.70. The third-order valence-electron chi connectivity index (χ3n) is 2.98. The predicted molar refractivity (Wildman–Crippen MR) is 81.8 cm³/mol. The maximum atomic E-state index is 12.5. The summed E-state index contributed by atoms with van der Waals surface area (Å²) in [7, 11) is -1.71. The van der Waals surface area contributed by atoms with Gasteiger partial charge in [0.25, 0.3) is 5.91 Å². The number of benzene rings is 1. The Bertz CT molecular complexity index is 509. The van der Waals surface area contributed by atoms with E-state index in [9.17, 15) is 9.59 Å². The van der Waals surface area contributed by atoms with E-state index >= 15 is 0 Å². The van der Waals surface area contributed by atoms with Gasteiger partial charge in [-0.3, -0.25) is 14.5 Å². The van der Waals surface area contributed by atoms with Crippen LogP contribution in [0.1, 0.15) is 24.2 Å². The van der Waals surface area contributed by atoms with Gasteiger partial charge in [-0.1, -0.05) is 43.4 Å². The normalized spacial score (nSPS) is 11.3. The molecule has 0 aliphatic heterocycles. The number of carbonyl (C=O) groups is 2. The van der Waals surface area contributed by atoms with E-state index in [-0.39, 0.29) is 11.8 Å². The highest BCUT2D eigenvalue weighted by Gasteiger charge is 2.28. The van der Waals surface area contributed by atoms with Gasteiger partial charge in [0.1, 0.15) is 0 Å². The van der Waals surface area contributed by atoms with Crippen LogP contribution >= 0.6 is 11.6 Å². The van der Waals surface area contributed by atoms with Crippen molar-refractivity contribution in [2.75, 3.05) is 6.54 Å². The zero-order valence-corrected chi connectivity index (χ0v) is 13.8. The molecule has 0 N–H and O–H groups in total. The Labute approximate surface area is 120 Å². The summed E-state index contributed by atoms with van der Waals surface area (Å²) in [5.41, 5.74) is 0.486. The van der Waals surface area contributed by atoms with E-state index in [0.29, 0.717) is 17.1 Å². The van der Waals surface area contributed by atoms with Crippen molar-refractivity contribution in [3.8, 4) is 0 Å². The molecule has 19 heavy (non-hydrogen) atoms. The SMILES string of the molecule is CCN(C(C)=O)C(=O)c1c(Cl)cccc1[Si](C)(C)C. The Morgan fingerprint density at radius 3 is 2.26 bits per heavy atom. The van der Waals surface area contributed by atoms with Gasteiger partial charge in [-0.25, -0.2) is 0 Å². The highest BCUT2D eigenvalue weighted by molar-refractivity contribution is 6.89. The third-order valence-corrected chi connectivity index (χ3v) is 5.32. The van der Waals surface area contributed by atoms with Crippen molar-refractivity contribution < 1.29 is 9.59 Å². The highest BCUT2D eigenvalue weighted by atomic mass is 35.5. The van der Waals surface area contributed by atoms with Gasteiger partial charge in [0, 0.05) is 13.5 Å². The second-order valence-corrected chi connectivity index (χ2v) is 10.9. The molecule has 0 heterocycles. The fourth-order valence-electron chi connectivity index (χ4n) is 2.01. The first kappa shape index (κ1) is 15.9. The first-order valence-electron chi connectivity index (χ1n) is 6.31. The van der Waals surface area contributed by atoms with Gasteiger partial charge < -0.3 is 0 Å². The molecular formula is C14H20ClNO2Si. The summed E-state index contributed by atoms with van der Waals surface area (Å²) in [6.45, 7) is 9.99. The Morgan fingerprint density at radius 2 is 1.84 bits per heavy atom. The second kappa shape index (κ2) is 5.88. The average molecular weight is 298 g/mol. The summed E-state index contributed by atoms with van der Waals surface area (Å²) >= 11 is 6.20. The number of rotatable bonds is 3. The fourth-order valence-corrected chi connectivity index (χ4v) is 3.93. The maximum Gasteiger partial charge on any atom is 0.261 e.